The van der Waals surface area contributed by atoms with Crippen molar-refractivity contribution in [2.24, 2.45) is 4.99 Å². The number of likely N-dealkylation sites (tertiary alicyclic amines) is 1. The molecule has 0 saturated carbocycles. The lowest BCUT2D eigenvalue weighted by molar-refractivity contribution is -0.116. The first-order chi connectivity index (χ1) is 21.0. The monoisotopic (exact) mass is 611 g/mol. The molecule has 3 heterocycles. The molecule has 234 valence electrons. The van der Waals surface area contributed by atoms with Gasteiger partial charge in [0.2, 0.25) is 5.91 Å². The molecule has 0 spiro atoms. The number of hydrogen-bond acceptors (Lipinski definition) is 9. The van der Waals surface area contributed by atoms with E-state index in [9.17, 15) is 18.4 Å². The maximum atomic E-state index is 13.9. The number of carbonyl (C=O) groups is 2. The maximum Gasteiger partial charge on any atom is 0.410 e. The molecule has 1 saturated heterocycles. The summed E-state index contributed by atoms with van der Waals surface area (Å²) in [5, 5.41) is 13.0. The third kappa shape index (κ3) is 7.18. The van der Waals surface area contributed by atoms with E-state index in [4.69, 9.17) is 14.2 Å². The second-order valence-electron chi connectivity index (χ2n) is 11.4. The fraction of sp³-hybridized carbons (Fsp3) is 0.400. The maximum absolute atomic E-state index is 13.9. The van der Waals surface area contributed by atoms with Gasteiger partial charge in [-0.25, -0.2) is 18.6 Å². The van der Waals surface area contributed by atoms with E-state index in [-0.39, 0.29) is 31.0 Å². The molecule has 0 radical (unpaired) electrons. The van der Waals surface area contributed by atoms with E-state index < -0.39 is 29.3 Å². The van der Waals surface area contributed by atoms with Gasteiger partial charge in [-0.2, -0.15) is 5.10 Å². The summed E-state index contributed by atoms with van der Waals surface area (Å²) in [7, 11) is 1.56. The minimum absolute atomic E-state index is 0.164. The molecule has 14 heteroatoms. The number of fused-ring (bicyclic) bond motifs is 1. The van der Waals surface area contributed by atoms with Crippen molar-refractivity contribution in [1.82, 2.24) is 14.7 Å². The summed E-state index contributed by atoms with van der Waals surface area (Å²) in [6.45, 7) is 6.11. The van der Waals surface area contributed by atoms with E-state index in [0.29, 0.717) is 35.0 Å². The number of anilines is 3. The summed E-state index contributed by atoms with van der Waals surface area (Å²) >= 11 is 0. The molecule has 0 bridgehead atoms. The molecule has 1 aromatic heterocycles. The third-order valence-corrected chi connectivity index (χ3v) is 6.97. The average molecular weight is 612 g/mol. The molecule has 1 unspecified atom stereocenters. The predicted molar refractivity (Wildman–Crippen MR) is 160 cm³/mol. The quantitative estimate of drug-likeness (QED) is 0.303. The van der Waals surface area contributed by atoms with Gasteiger partial charge < -0.3 is 35.1 Å². The smallest absolute Gasteiger partial charge is 0.410 e. The van der Waals surface area contributed by atoms with Crippen LogP contribution in [0.5, 0.6) is 11.5 Å². The average Bonchev–Trinajstić information content (AvgIpc) is 3.62. The largest absolute Gasteiger partial charge is 0.497 e. The highest BCUT2D eigenvalue weighted by atomic mass is 19.2. The van der Waals surface area contributed by atoms with Gasteiger partial charge in [0, 0.05) is 24.9 Å². The first kappa shape index (κ1) is 30.6. The standard InChI is InChI=1S/C30H35F2N7O5/c1-30(2,3)44-29(41)39-10-6-7-19(39)16-43-24-12-20(42-4)11-23-26(24)28(34-17-33-23)36-18-13-35-38(14-18)15-25(40)37-22-9-5-8-21(31)27(22)32/h5,8-9,11-14,17,19,28,36H,6-7,10,15-16H2,1-4H3,(H,33,34)(H,37,40)/t19-,28?/m1/s1. The highest BCUT2D eigenvalue weighted by Gasteiger charge is 2.33. The third-order valence-electron chi connectivity index (χ3n) is 6.97. The molecule has 2 atom stereocenters. The summed E-state index contributed by atoms with van der Waals surface area (Å²) < 4.78 is 46.2. The van der Waals surface area contributed by atoms with Gasteiger partial charge in [0.1, 0.15) is 30.3 Å². The highest BCUT2D eigenvalue weighted by molar-refractivity contribution is 5.90. The molecule has 3 N–H and O–H groups in total. The first-order valence-corrected chi connectivity index (χ1v) is 14.2. The number of aliphatic imine (C=N–C) groups is 1. The Morgan fingerprint density at radius 2 is 2.02 bits per heavy atom. The summed E-state index contributed by atoms with van der Waals surface area (Å²) in [6, 6.07) is 6.97. The van der Waals surface area contributed by atoms with E-state index in [1.54, 1.807) is 30.6 Å². The number of benzene rings is 2. The Balaban J connectivity index is 1.28. The molecule has 2 aliphatic rings. The number of aromatic nitrogens is 2. The number of nitrogens with zero attached hydrogens (tertiary/aromatic N) is 4. The van der Waals surface area contributed by atoms with Crippen LogP contribution in [0.15, 0.2) is 47.7 Å². The van der Waals surface area contributed by atoms with Crippen LogP contribution in [-0.2, 0) is 16.1 Å². The second kappa shape index (κ2) is 12.8. The molecule has 2 aliphatic heterocycles. The summed E-state index contributed by atoms with van der Waals surface area (Å²) in [5.41, 5.74) is 1.12. The van der Waals surface area contributed by atoms with Crippen LogP contribution >= 0.6 is 0 Å². The van der Waals surface area contributed by atoms with Crippen LogP contribution in [-0.4, -0.2) is 64.9 Å². The van der Waals surface area contributed by atoms with E-state index in [0.717, 1.165) is 18.9 Å². The van der Waals surface area contributed by atoms with Crippen molar-refractivity contribution in [3.63, 3.8) is 0 Å². The Hall–Kier alpha value is -4.88. The molecule has 2 aromatic carbocycles. The number of nitrogens with one attached hydrogen (secondary N) is 3. The lowest BCUT2D eigenvalue weighted by Gasteiger charge is -2.30. The van der Waals surface area contributed by atoms with Gasteiger partial charge in [-0.3, -0.25) is 9.48 Å². The van der Waals surface area contributed by atoms with Crippen molar-refractivity contribution in [3.05, 3.63) is 59.9 Å². The Labute approximate surface area is 253 Å². The second-order valence-corrected chi connectivity index (χ2v) is 11.4. The van der Waals surface area contributed by atoms with E-state index >= 15 is 0 Å². The minimum atomic E-state index is -1.13. The van der Waals surface area contributed by atoms with Crippen molar-refractivity contribution in [2.75, 3.05) is 36.2 Å². The fourth-order valence-corrected chi connectivity index (χ4v) is 4.98. The number of carbonyl (C=O) groups excluding carboxylic acids is 2. The molecule has 0 aliphatic carbocycles. The zero-order chi connectivity index (χ0) is 31.4. The minimum Gasteiger partial charge on any atom is -0.497 e. The Morgan fingerprint density at radius 1 is 1.20 bits per heavy atom. The van der Waals surface area contributed by atoms with Crippen LogP contribution in [0.25, 0.3) is 0 Å². The number of amides is 2. The van der Waals surface area contributed by atoms with Crippen LogP contribution in [0.2, 0.25) is 0 Å². The number of halogens is 2. The molecule has 5 rings (SSSR count). The normalized spacial score (nSPS) is 17.5. The molecular formula is C30H35F2N7O5. The molecule has 12 nitrogen and oxygen atoms in total. The number of ether oxygens (including phenoxy) is 3. The van der Waals surface area contributed by atoms with Crippen molar-refractivity contribution >= 4 is 35.4 Å². The van der Waals surface area contributed by atoms with Gasteiger partial charge in [-0.05, 0) is 45.7 Å². The highest BCUT2D eigenvalue weighted by Crippen LogP contribution is 2.40. The number of hydrogen-bond donors (Lipinski definition) is 3. The van der Waals surface area contributed by atoms with Gasteiger partial charge in [0.05, 0.1) is 48.3 Å². The van der Waals surface area contributed by atoms with Crippen molar-refractivity contribution in [1.29, 1.82) is 0 Å². The molecule has 3 aromatic rings. The van der Waals surface area contributed by atoms with Gasteiger partial charge in [-0.15, -0.1) is 0 Å². The molecule has 2 amide bonds. The van der Waals surface area contributed by atoms with E-state index in [1.165, 1.54) is 23.0 Å². The van der Waals surface area contributed by atoms with Crippen LogP contribution in [0.1, 0.15) is 45.3 Å². The SMILES string of the molecule is COc1cc2c(c(OC[C@H]3CCCN3C(=O)OC(C)(C)C)c1)C(Nc1cnn(CC(=O)Nc3cccc(F)c3F)c1)N=CN2. The van der Waals surface area contributed by atoms with Crippen LogP contribution < -0.4 is 25.4 Å². The van der Waals surface area contributed by atoms with E-state index in [2.05, 4.69) is 26.0 Å². The zero-order valence-corrected chi connectivity index (χ0v) is 24.9. The molecular weight excluding hydrogens is 576 g/mol. The van der Waals surface area contributed by atoms with Gasteiger partial charge >= 0.3 is 6.09 Å². The van der Waals surface area contributed by atoms with Gasteiger partial charge in [-0.1, -0.05) is 6.07 Å². The lowest BCUT2D eigenvalue weighted by atomic mass is 10.1. The fourth-order valence-electron chi connectivity index (χ4n) is 4.98. The van der Waals surface area contributed by atoms with Crippen molar-refractivity contribution < 1.29 is 32.6 Å². The number of methoxy groups -OCH3 is 1. The van der Waals surface area contributed by atoms with E-state index in [1.807, 2.05) is 26.8 Å². The first-order valence-electron chi connectivity index (χ1n) is 14.2. The molecule has 1 fully saturated rings. The van der Waals surface area contributed by atoms with Gasteiger partial charge in [0.25, 0.3) is 0 Å². The topological polar surface area (TPSA) is 131 Å². The van der Waals surface area contributed by atoms with Crippen molar-refractivity contribution in [2.45, 2.75) is 58.0 Å². The molecule has 44 heavy (non-hydrogen) atoms. The zero-order valence-electron chi connectivity index (χ0n) is 24.9. The van der Waals surface area contributed by atoms with Crippen LogP contribution in [0.4, 0.5) is 30.6 Å². The van der Waals surface area contributed by atoms with Gasteiger partial charge in [0.15, 0.2) is 17.8 Å². The predicted octanol–water partition coefficient (Wildman–Crippen LogP) is 5.15. The van der Waals surface area contributed by atoms with Crippen LogP contribution in [0.3, 0.4) is 0 Å². The van der Waals surface area contributed by atoms with Crippen LogP contribution in [0, 0.1) is 11.6 Å². The summed E-state index contributed by atoms with van der Waals surface area (Å²) in [5.74, 6) is -1.68. The summed E-state index contributed by atoms with van der Waals surface area (Å²) in [6.07, 6.45) is 5.34. The number of rotatable bonds is 9. The summed E-state index contributed by atoms with van der Waals surface area (Å²) in [4.78, 5) is 31.5. The Bertz CT molecular complexity index is 1550. The Kier molecular flexibility index (Phi) is 8.88. The van der Waals surface area contributed by atoms with Crippen molar-refractivity contribution in [3.8, 4) is 11.5 Å². The Morgan fingerprint density at radius 3 is 2.80 bits per heavy atom. The lowest BCUT2D eigenvalue weighted by Crippen LogP contribution is -2.42.